The van der Waals surface area contributed by atoms with Crippen molar-refractivity contribution < 1.29 is 18.7 Å². The first-order valence-corrected chi connectivity index (χ1v) is 7.84. The lowest BCUT2D eigenvalue weighted by Gasteiger charge is -2.31. The Morgan fingerprint density at radius 1 is 1.45 bits per heavy atom. The third-order valence-corrected chi connectivity index (χ3v) is 3.86. The predicted molar refractivity (Wildman–Crippen MR) is 81.3 cm³/mol. The highest BCUT2D eigenvalue weighted by Gasteiger charge is 2.28. The molecule has 122 valence electrons. The van der Waals surface area contributed by atoms with Crippen molar-refractivity contribution in [1.82, 2.24) is 10.2 Å². The predicted octanol–water partition coefficient (Wildman–Crippen LogP) is 2.20. The molecule has 0 aromatic carbocycles. The topological polar surface area (TPSA) is 71.8 Å². The Bertz CT molecular complexity index is 478. The Labute approximate surface area is 130 Å². The lowest BCUT2D eigenvalue weighted by Crippen LogP contribution is -2.48. The molecule has 2 heterocycles. The van der Waals surface area contributed by atoms with Crippen LogP contribution in [0, 0.1) is 5.92 Å². The van der Waals surface area contributed by atoms with E-state index in [1.54, 1.807) is 18.1 Å². The van der Waals surface area contributed by atoms with Gasteiger partial charge in [-0.3, -0.25) is 4.79 Å². The first kappa shape index (κ1) is 16.4. The van der Waals surface area contributed by atoms with Crippen LogP contribution in [0.5, 0.6) is 0 Å². The molecule has 2 amide bonds. The molecule has 0 aliphatic carbocycles. The summed E-state index contributed by atoms with van der Waals surface area (Å²) in [5, 5.41) is 2.97. The maximum absolute atomic E-state index is 12.2. The third kappa shape index (κ3) is 4.51. The van der Waals surface area contributed by atoms with Crippen LogP contribution in [-0.2, 0) is 16.0 Å². The zero-order valence-electron chi connectivity index (χ0n) is 13.2. The van der Waals surface area contributed by atoms with Gasteiger partial charge in [-0.2, -0.15) is 0 Å². The molecule has 22 heavy (non-hydrogen) atoms. The summed E-state index contributed by atoms with van der Waals surface area (Å²) in [5.74, 6) is 0.632. The number of likely N-dealkylation sites (tertiary alicyclic amines) is 1. The minimum atomic E-state index is -0.145. The zero-order valence-corrected chi connectivity index (χ0v) is 13.2. The summed E-state index contributed by atoms with van der Waals surface area (Å²) in [5.41, 5.74) is 0. The molecule has 1 N–H and O–H groups in total. The molecular weight excluding hydrogens is 284 g/mol. The second-order valence-electron chi connectivity index (χ2n) is 5.65. The summed E-state index contributed by atoms with van der Waals surface area (Å²) < 4.78 is 10.3. The number of urea groups is 1. The summed E-state index contributed by atoms with van der Waals surface area (Å²) in [4.78, 5) is 25.6. The van der Waals surface area contributed by atoms with Crippen LogP contribution in [-0.4, -0.2) is 42.6 Å². The van der Waals surface area contributed by atoms with Gasteiger partial charge in [-0.25, -0.2) is 4.79 Å². The Morgan fingerprint density at radius 2 is 2.18 bits per heavy atom. The number of furan rings is 1. The van der Waals surface area contributed by atoms with Crippen molar-refractivity contribution in [3.63, 3.8) is 0 Å². The number of amides is 2. The van der Waals surface area contributed by atoms with Crippen LogP contribution < -0.4 is 5.32 Å². The summed E-state index contributed by atoms with van der Waals surface area (Å²) in [6, 6.07) is 3.65. The molecule has 0 spiro atoms. The minimum Gasteiger partial charge on any atom is -0.469 e. The maximum atomic E-state index is 12.2. The number of esters is 1. The fourth-order valence-corrected chi connectivity index (χ4v) is 2.66. The number of hydrogen-bond donors (Lipinski definition) is 1. The first-order valence-electron chi connectivity index (χ1n) is 7.84. The lowest BCUT2D eigenvalue weighted by molar-refractivity contribution is -0.149. The summed E-state index contributed by atoms with van der Waals surface area (Å²) in [6.07, 6.45) is 3.62. The standard InChI is InChI=1S/C16H24N2O4/c1-3-21-15(19)13-6-8-18(9-7-13)16(20)17-12(2)11-14-5-4-10-22-14/h4-5,10,12-13H,3,6-9,11H2,1-2H3,(H,17,20). The number of nitrogens with one attached hydrogen (secondary N) is 1. The largest absolute Gasteiger partial charge is 0.469 e. The van der Waals surface area contributed by atoms with Crippen molar-refractivity contribution in [2.45, 2.75) is 39.2 Å². The van der Waals surface area contributed by atoms with Crippen molar-refractivity contribution >= 4 is 12.0 Å². The Morgan fingerprint density at radius 3 is 2.77 bits per heavy atom. The number of rotatable bonds is 5. The van der Waals surface area contributed by atoms with Gasteiger partial charge in [0, 0.05) is 25.6 Å². The number of carbonyl (C=O) groups is 2. The number of carbonyl (C=O) groups excluding carboxylic acids is 2. The van der Waals surface area contributed by atoms with Gasteiger partial charge in [0.15, 0.2) is 0 Å². The van der Waals surface area contributed by atoms with Gasteiger partial charge < -0.3 is 19.4 Å². The molecule has 6 heteroatoms. The fraction of sp³-hybridized carbons (Fsp3) is 0.625. The zero-order chi connectivity index (χ0) is 15.9. The fourth-order valence-electron chi connectivity index (χ4n) is 2.66. The molecule has 6 nitrogen and oxygen atoms in total. The van der Waals surface area contributed by atoms with E-state index in [0.717, 1.165) is 5.76 Å². The summed E-state index contributed by atoms with van der Waals surface area (Å²) in [7, 11) is 0. The van der Waals surface area contributed by atoms with E-state index >= 15 is 0 Å². The average molecular weight is 308 g/mol. The molecule has 1 saturated heterocycles. The van der Waals surface area contributed by atoms with E-state index in [9.17, 15) is 9.59 Å². The first-order chi connectivity index (χ1) is 10.6. The highest BCUT2D eigenvalue weighted by atomic mass is 16.5. The molecule has 1 aliphatic heterocycles. The van der Waals surface area contributed by atoms with Crippen LogP contribution in [0.3, 0.4) is 0 Å². The highest BCUT2D eigenvalue weighted by molar-refractivity contribution is 5.76. The van der Waals surface area contributed by atoms with E-state index in [1.807, 2.05) is 19.1 Å². The van der Waals surface area contributed by atoms with Gasteiger partial charge in [-0.15, -0.1) is 0 Å². The third-order valence-electron chi connectivity index (χ3n) is 3.86. The van der Waals surface area contributed by atoms with Crippen molar-refractivity contribution in [3.8, 4) is 0 Å². The van der Waals surface area contributed by atoms with Crippen LogP contribution in [0.25, 0.3) is 0 Å². The molecular formula is C16H24N2O4. The Kier molecular flexibility index (Phi) is 5.86. The molecule has 1 unspecified atom stereocenters. The summed E-state index contributed by atoms with van der Waals surface area (Å²) in [6.45, 7) is 5.34. The quantitative estimate of drug-likeness (QED) is 0.846. The number of nitrogens with zero attached hydrogens (tertiary/aromatic N) is 1. The van der Waals surface area contributed by atoms with Crippen LogP contribution >= 0.6 is 0 Å². The van der Waals surface area contributed by atoms with Gasteiger partial charge in [0.25, 0.3) is 0 Å². The molecule has 0 saturated carbocycles. The molecule has 1 atom stereocenters. The van der Waals surface area contributed by atoms with Gasteiger partial charge in [0.2, 0.25) is 0 Å². The van der Waals surface area contributed by atoms with Crippen molar-refractivity contribution in [2.75, 3.05) is 19.7 Å². The Hall–Kier alpha value is -1.98. The molecule has 1 aliphatic rings. The smallest absolute Gasteiger partial charge is 0.317 e. The molecule has 1 aromatic rings. The van der Waals surface area contributed by atoms with E-state index < -0.39 is 0 Å². The van der Waals surface area contributed by atoms with Crippen molar-refractivity contribution in [1.29, 1.82) is 0 Å². The molecule has 1 fully saturated rings. The number of hydrogen-bond acceptors (Lipinski definition) is 4. The van der Waals surface area contributed by atoms with E-state index in [4.69, 9.17) is 9.15 Å². The minimum absolute atomic E-state index is 0.00132. The SMILES string of the molecule is CCOC(=O)C1CCN(C(=O)NC(C)Cc2ccco2)CC1. The average Bonchev–Trinajstić information content (AvgIpc) is 3.00. The lowest BCUT2D eigenvalue weighted by atomic mass is 9.97. The van der Waals surface area contributed by atoms with E-state index in [1.165, 1.54) is 0 Å². The number of ether oxygens (including phenoxy) is 1. The monoisotopic (exact) mass is 308 g/mol. The van der Waals surface area contributed by atoms with Crippen LogP contribution in [0.2, 0.25) is 0 Å². The van der Waals surface area contributed by atoms with Gasteiger partial charge in [-0.05, 0) is 38.8 Å². The van der Waals surface area contributed by atoms with E-state index in [-0.39, 0.29) is 24.0 Å². The second kappa shape index (κ2) is 7.87. The Balaban J connectivity index is 1.74. The van der Waals surface area contributed by atoms with E-state index in [2.05, 4.69) is 5.32 Å². The van der Waals surface area contributed by atoms with Crippen LogP contribution in [0.1, 0.15) is 32.4 Å². The van der Waals surface area contributed by atoms with Crippen molar-refractivity contribution in [2.24, 2.45) is 5.92 Å². The molecule has 2 rings (SSSR count). The summed E-state index contributed by atoms with van der Waals surface area (Å²) >= 11 is 0. The normalized spacial score (nSPS) is 17.1. The van der Waals surface area contributed by atoms with Crippen LogP contribution in [0.4, 0.5) is 4.79 Å². The van der Waals surface area contributed by atoms with E-state index in [0.29, 0.717) is 39.0 Å². The second-order valence-corrected chi connectivity index (χ2v) is 5.65. The van der Waals surface area contributed by atoms with Gasteiger partial charge in [-0.1, -0.05) is 0 Å². The molecule has 0 bridgehead atoms. The van der Waals surface area contributed by atoms with Gasteiger partial charge in [0.05, 0.1) is 18.8 Å². The maximum Gasteiger partial charge on any atom is 0.317 e. The van der Waals surface area contributed by atoms with Gasteiger partial charge >= 0.3 is 12.0 Å². The highest BCUT2D eigenvalue weighted by Crippen LogP contribution is 2.18. The van der Waals surface area contributed by atoms with Crippen LogP contribution in [0.15, 0.2) is 22.8 Å². The molecule has 0 radical (unpaired) electrons. The van der Waals surface area contributed by atoms with Gasteiger partial charge in [0.1, 0.15) is 5.76 Å². The number of piperidine rings is 1. The van der Waals surface area contributed by atoms with Crippen molar-refractivity contribution in [3.05, 3.63) is 24.2 Å². The molecule has 1 aromatic heterocycles.